The van der Waals surface area contributed by atoms with Crippen LogP contribution in [0.25, 0.3) is 0 Å². The standard InChI is InChI=1S/C18H19Cl2N3O2/c1-12(18(25)22-13-6-4-3-5-7-13)23(2)11-17(24)21-14-8-9-15(19)16(20)10-14/h3-10,12H,11H2,1-2H3,(H,21,24)(H,22,25)/p+1/t12-/m0/s1. The third-order valence-corrected chi connectivity index (χ3v) is 4.56. The van der Waals surface area contributed by atoms with Crippen LogP contribution in [0.4, 0.5) is 11.4 Å². The molecule has 0 heterocycles. The lowest BCUT2D eigenvalue weighted by Gasteiger charge is -2.20. The Morgan fingerprint density at radius 1 is 1.00 bits per heavy atom. The molecule has 0 aromatic heterocycles. The summed E-state index contributed by atoms with van der Waals surface area (Å²) in [6.45, 7) is 1.92. The quantitative estimate of drug-likeness (QED) is 0.720. The van der Waals surface area contributed by atoms with Gasteiger partial charge >= 0.3 is 0 Å². The number of anilines is 2. The SMILES string of the molecule is C[C@@H](C(=O)Nc1ccccc1)[NH+](C)CC(=O)Nc1ccc(Cl)c(Cl)c1. The van der Waals surface area contributed by atoms with E-state index in [4.69, 9.17) is 23.2 Å². The van der Waals surface area contributed by atoms with Crippen LogP contribution in [-0.4, -0.2) is 31.4 Å². The summed E-state index contributed by atoms with van der Waals surface area (Å²) in [4.78, 5) is 25.2. The van der Waals surface area contributed by atoms with Crippen LogP contribution in [0.5, 0.6) is 0 Å². The Kier molecular flexibility index (Phi) is 6.82. The highest BCUT2D eigenvalue weighted by atomic mass is 35.5. The predicted molar refractivity (Wildman–Crippen MR) is 101 cm³/mol. The summed E-state index contributed by atoms with van der Waals surface area (Å²) >= 11 is 11.8. The fourth-order valence-corrected chi connectivity index (χ4v) is 2.48. The first-order valence-corrected chi connectivity index (χ1v) is 8.55. The molecule has 2 atom stereocenters. The number of likely N-dealkylation sites (N-methyl/N-ethyl adjacent to an activating group) is 1. The number of amides is 2. The number of hydrogen-bond donors (Lipinski definition) is 3. The first kappa shape index (κ1) is 19.2. The molecule has 1 unspecified atom stereocenters. The van der Waals surface area contributed by atoms with Crippen LogP contribution < -0.4 is 15.5 Å². The Hall–Kier alpha value is -2.08. The van der Waals surface area contributed by atoms with Gasteiger partial charge in [0.05, 0.1) is 17.1 Å². The van der Waals surface area contributed by atoms with E-state index >= 15 is 0 Å². The van der Waals surface area contributed by atoms with Gasteiger partial charge < -0.3 is 15.5 Å². The zero-order valence-corrected chi connectivity index (χ0v) is 15.5. The van der Waals surface area contributed by atoms with E-state index in [1.807, 2.05) is 30.3 Å². The molecular weight excluding hydrogens is 361 g/mol. The minimum atomic E-state index is -0.389. The van der Waals surface area contributed by atoms with Gasteiger partial charge in [-0.2, -0.15) is 0 Å². The van der Waals surface area contributed by atoms with Crippen LogP contribution in [0.15, 0.2) is 48.5 Å². The third-order valence-electron chi connectivity index (χ3n) is 3.82. The molecule has 0 aliphatic heterocycles. The maximum atomic E-state index is 12.3. The van der Waals surface area contributed by atoms with Crippen molar-refractivity contribution in [1.82, 2.24) is 0 Å². The summed E-state index contributed by atoms with van der Waals surface area (Å²) in [5.41, 5.74) is 1.29. The highest BCUT2D eigenvalue weighted by molar-refractivity contribution is 6.42. The van der Waals surface area contributed by atoms with Crippen LogP contribution in [0.1, 0.15) is 6.92 Å². The van der Waals surface area contributed by atoms with Crippen LogP contribution in [0, 0.1) is 0 Å². The van der Waals surface area contributed by atoms with Gasteiger partial charge in [0.1, 0.15) is 0 Å². The fourth-order valence-electron chi connectivity index (χ4n) is 2.18. The third kappa shape index (κ3) is 5.74. The molecule has 25 heavy (non-hydrogen) atoms. The van der Waals surface area contributed by atoms with Crippen molar-refractivity contribution in [2.24, 2.45) is 0 Å². The Morgan fingerprint density at radius 2 is 1.68 bits per heavy atom. The van der Waals surface area contributed by atoms with Gasteiger partial charge in [-0.1, -0.05) is 41.4 Å². The van der Waals surface area contributed by atoms with Crippen molar-refractivity contribution >= 4 is 46.4 Å². The molecule has 7 heteroatoms. The summed E-state index contributed by atoms with van der Waals surface area (Å²) in [6.07, 6.45) is 0. The number of quaternary nitrogens is 1. The van der Waals surface area contributed by atoms with Gasteiger partial charge in [-0.25, -0.2) is 0 Å². The zero-order chi connectivity index (χ0) is 18.4. The van der Waals surface area contributed by atoms with Gasteiger partial charge in [0, 0.05) is 11.4 Å². The highest BCUT2D eigenvalue weighted by Crippen LogP contribution is 2.24. The summed E-state index contributed by atoms with van der Waals surface area (Å²) in [5, 5.41) is 6.38. The van der Waals surface area contributed by atoms with E-state index in [0.717, 1.165) is 10.6 Å². The average Bonchev–Trinajstić information content (AvgIpc) is 2.58. The topological polar surface area (TPSA) is 62.6 Å². The average molecular weight is 381 g/mol. The summed E-state index contributed by atoms with van der Waals surface area (Å²) in [5.74, 6) is -0.360. The Morgan fingerprint density at radius 3 is 2.32 bits per heavy atom. The van der Waals surface area contributed by atoms with Crippen molar-refractivity contribution in [3.63, 3.8) is 0 Å². The van der Waals surface area contributed by atoms with Crippen molar-refractivity contribution in [2.45, 2.75) is 13.0 Å². The van der Waals surface area contributed by atoms with Gasteiger partial charge in [0.2, 0.25) is 0 Å². The van der Waals surface area contributed by atoms with Crippen LogP contribution in [-0.2, 0) is 9.59 Å². The highest BCUT2D eigenvalue weighted by Gasteiger charge is 2.24. The van der Waals surface area contributed by atoms with E-state index in [1.165, 1.54) is 0 Å². The number of rotatable bonds is 6. The van der Waals surface area contributed by atoms with Gasteiger partial charge in [0.15, 0.2) is 12.6 Å². The second-order valence-corrected chi connectivity index (χ2v) is 6.59. The Bertz CT molecular complexity index is 753. The van der Waals surface area contributed by atoms with E-state index in [9.17, 15) is 9.59 Å². The van der Waals surface area contributed by atoms with Gasteiger partial charge in [0.25, 0.3) is 11.8 Å². The minimum Gasteiger partial charge on any atom is -0.321 e. The lowest BCUT2D eigenvalue weighted by molar-refractivity contribution is -0.885. The lowest BCUT2D eigenvalue weighted by atomic mass is 10.2. The molecule has 0 saturated carbocycles. The number of nitrogens with one attached hydrogen (secondary N) is 3. The summed E-state index contributed by atoms with van der Waals surface area (Å²) in [6, 6.07) is 13.7. The van der Waals surface area contributed by atoms with Crippen molar-refractivity contribution in [2.75, 3.05) is 24.2 Å². The number of carbonyl (C=O) groups is 2. The van der Waals surface area contributed by atoms with Gasteiger partial charge in [-0.15, -0.1) is 0 Å². The monoisotopic (exact) mass is 380 g/mol. The van der Waals surface area contributed by atoms with E-state index in [2.05, 4.69) is 10.6 Å². The lowest BCUT2D eigenvalue weighted by Crippen LogP contribution is -3.14. The molecule has 132 valence electrons. The molecule has 0 spiro atoms. The molecule has 5 nitrogen and oxygen atoms in total. The molecule has 2 rings (SSSR count). The number of carbonyl (C=O) groups excluding carboxylic acids is 2. The van der Waals surface area contributed by atoms with Crippen molar-refractivity contribution in [3.8, 4) is 0 Å². The molecule has 3 N–H and O–H groups in total. The van der Waals surface area contributed by atoms with Crippen molar-refractivity contribution in [1.29, 1.82) is 0 Å². The molecular formula is C18H20Cl2N3O2+. The molecule has 0 aliphatic carbocycles. The summed E-state index contributed by atoms with van der Waals surface area (Å²) in [7, 11) is 1.80. The number of hydrogen-bond acceptors (Lipinski definition) is 2. The van der Waals surface area contributed by atoms with Crippen LogP contribution in [0.2, 0.25) is 10.0 Å². The zero-order valence-electron chi connectivity index (χ0n) is 14.0. The van der Waals surface area contributed by atoms with Crippen molar-refractivity contribution < 1.29 is 14.5 Å². The number of halogens is 2. The molecule has 0 radical (unpaired) electrons. The van der Waals surface area contributed by atoms with Crippen molar-refractivity contribution in [3.05, 3.63) is 58.6 Å². The van der Waals surface area contributed by atoms with E-state index in [0.29, 0.717) is 15.7 Å². The van der Waals surface area contributed by atoms with Crippen LogP contribution in [0.3, 0.4) is 0 Å². The number of para-hydroxylation sites is 1. The molecule has 0 saturated heterocycles. The fraction of sp³-hybridized carbons (Fsp3) is 0.222. The van der Waals surface area contributed by atoms with E-state index < -0.39 is 0 Å². The predicted octanol–water partition coefficient (Wildman–Crippen LogP) is 2.47. The second-order valence-electron chi connectivity index (χ2n) is 5.78. The molecule has 2 aromatic rings. The second kappa shape index (κ2) is 8.85. The summed E-state index contributed by atoms with van der Waals surface area (Å²) < 4.78 is 0. The Balaban J connectivity index is 1.88. The van der Waals surface area contributed by atoms with Gasteiger partial charge in [-0.05, 0) is 37.3 Å². The molecule has 0 bridgehead atoms. The first-order valence-electron chi connectivity index (χ1n) is 7.80. The first-order chi connectivity index (χ1) is 11.9. The molecule has 0 aliphatic rings. The minimum absolute atomic E-state index is 0.142. The Labute approximate surface area is 156 Å². The van der Waals surface area contributed by atoms with Gasteiger partial charge in [-0.3, -0.25) is 9.59 Å². The van der Waals surface area contributed by atoms with Crippen LogP contribution >= 0.6 is 23.2 Å². The van der Waals surface area contributed by atoms with E-state index in [-0.39, 0.29) is 24.4 Å². The largest absolute Gasteiger partial charge is 0.321 e. The molecule has 2 amide bonds. The smallest absolute Gasteiger partial charge is 0.282 e. The molecule has 2 aromatic carbocycles. The maximum Gasteiger partial charge on any atom is 0.282 e. The normalized spacial score (nSPS) is 13.0. The number of benzene rings is 2. The van der Waals surface area contributed by atoms with E-state index in [1.54, 1.807) is 32.2 Å². The maximum absolute atomic E-state index is 12.3. The molecule has 0 fully saturated rings.